The first-order valence-electron chi connectivity index (χ1n) is 6.82. The lowest BCUT2D eigenvalue weighted by Crippen LogP contribution is -2.38. The van der Waals surface area contributed by atoms with Gasteiger partial charge < -0.3 is 10.2 Å². The second-order valence-electron chi connectivity index (χ2n) is 5.02. The molecule has 0 saturated carbocycles. The van der Waals surface area contributed by atoms with Crippen LogP contribution in [0.2, 0.25) is 0 Å². The lowest BCUT2D eigenvalue weighted by atomic mass is 10.0. The van der Waals surface area contributed by atoms with Crippen LogP contribution in [0.15, 0.2) is 23.7 Å². The minimum absolute atomic E-state index is 0.000438. The molecule has 1 atom stereocenters. The fourth-order valence-electron chi connectivity index (χ4n) is 2.74. The van der Waals surface area contributed by atoms with E-state index < -0.39 is 5.82 Å². The summed E-state index contributed by atoms with van der Waals surface area (Å²) in [5, 5.41) is 4.90. The van der Waals surface area contributed by atoms with Gasteiger partial charge in [0.05, 0.1) is 17.8 Å². The summed E-state index contributed by atoms with van der Waals surface area (Å²) in [6.07, 6.45) is 1.96. The van der Waals surface area contributed by atoms with Gasteiger partial charge in [-0.15, -0.1) is 11.3 Å². The van der Waals surface area contributed by atoms with Crippen molar-refractivity contribution >= 4 is 23.1 Å². The van der Waals surface area contributed by atoms with E-state index in [1.54, 1.807) is 23.3 Å². The van der Waals surface area contributed by atoms with Crippen LogP contribution >= 0.6 is 11.3 Å². The van der Waals surface area contributed by atoms with Crippen molar-refractivity contribution in [3.05, 3.63) is 45.5 Å². The smallest absolute Gasteiger partial charge is 0.258 e. The highest BCUT2D eigenvalue weighted by Crippen LogP contribution is 2.34. The number of aromatic nitrogens is 1. The van der Waals surface area contributed by atoms with Gasteiger partial charge in [0, 0.05) is 18.5 Å². The molecule has 4 nitrogen and oxygen atoms in total. The summed E-state index contributed by atoms with van der Waals surface area (Å²) in [7, 11) is 1.67. The minimum Gasteiger partial charge on any atom is -0.372 e. The Kier molecular flexibility index (Phi) is 3.63. The summed E-state index contributed by atoms with van der Waals surface area (Å²) in [4.78, 5) is 19.8. The Morgan fingerprint density at radius 2 is 2.38 bits per heavy atom. The number of carbonyl (C=O) groups is 1. The van der Waals surface area contributed by atoms with Gasteiger partial charge in [-0.05, 0) is 36.4 Å². The highest BCUT2D eigenvalue weighted by molar-refractivity contribution is 7.10. The van der Waals surface area contributed by atoms with Gasteiger partial charge in [0.2, 0.25) is 0 Å². The SMILES string of the molecule is CNc1ncc(F)cc1C(=O)N1CCc2sccc2C1C. The highest BCUT2D eigenvalue weighted by Gasteiger charge is 2.30. The van der Waals surface area contributed by atoms with Crippen LogP contribution in [0.4, 0.5) is 10.2 Å². The predicted molar refractivity (Wildman–Crippen MR) is 81.2 cm³/mol. The van der Waals surface area contributed by atoms with Crippen LogP contribution in [0.3, 0.4) is 0 Å². The van der Waals surface area contributed by atoms with E-state index in [0.29, 0.717) is 12.4 Å². The van der Waals surface area contributed by atoms with Gasteiger partial charge in [0.25, 0.3) is 5.91 Å². The number of fused-ring (bicyclic) bond motifs is 1. The second kappa shape index (κ2) is 5.44. The molecule has 0 radical (unpaired) electrons. The number of rotatable bonds is 2. The highest BCUT2D eigenvalue weighted by atomic mass is 32.1. The van der Waals surface area contributed by atoms with Gasteiger partial charge in [-0.1, -0.05) is 0 Å². The third-order valence-corrected chi connectivity index (χ3v) is 4.86. The monoisotopic (exact) mass is 305 g/mol. The number of pyridine rings is 1. The van der Waals surface area contributed by atoms with Crippen LogP contribution in [-0.2, 0) is 6.42 Å². The molecule has 2 aromatic rings. The van der Waals surface area contributed by atoms with Crippen molar-refractivity contribution in [1.29, 1.82) is 0 Å². The molecule has 0 spiro atoms. The summed E-state index contributed by atoms with van der Waals surface area (Å²) < 4.78 is 13.4. The summed E-state index contributed by atoms with van der Waals surface area (Å²) in [5.74, 6) is -0.279. The second-order valence-corrected chi connectivity index (χ2v) is 6.02. The minimum atomic E-state index is -0.502. The predicted octanol–water partition coefficient (Wildman–Crippen LogP) is 3.08. The summed E-state index contributed by atoms with van der Waals surface area (Å²) >= 11 is 1.73. The zero-order valence-corrected chi connectivity index (χ0v) is 12.7. The van der Waals surface area contributed by atoms with Gasteiger partial charge >= 0.3 is 0 Å². The molecule has 2 aromatic heterocycles. The molecule has 1 unspecified atom stereocenters. The van der Waals surface area contributed by atoms with Crippen LogP contribution < -0.4 is 5.32 Å². The van der Waals surface area contributed by atoms with Crippen molar-refractivity contribution in [2.45, 2.75) is 19.4 Å². The Hall–Kier alpha value is -1.95. The van der Waals surface area contributed by atoms with E-state index in [0.717, 1.165) is 12.6 Å². The molecular formula is C15H16FN3OS. The average molecular weight is 305 g/mol. The molecular weight excluding hydrogens is 289 g/mol. The molecule has 0 fully saturated rings. The van der Waals surface area contributed by atoms with Crippen LogP contribution in [0.1, 0.15) is 33.8 Å². The van der Waals surface area contributed by atoms with Gasteiger partial charge in [-0.25, -0.2) is 9.37 Å². The number of halogens is 1. The fraction of sp³-hybridized carbons (Fsp3) is 0.333. The molecule has 3 heterocycles. The van der Waals surface area contributed by atoms with Crippen LogP contribution in [-0.4, -0.2) is 29.4 Å². The molecule has 1 amide bonds. The Morgan fingerprint density at radius 1 is 1.57 bits per heavy atom. The van der Waals surface area contributed by atoms with Crippen molar-refractivity contribution < 1.29 is 9.18 Å². The van der Waals surface area contributed by atoms with Crippen molar-refractivity contribution in [3.8, 4) is 0 Å². The number of amides is 1. The first-order chi connectivity index (χ1) is 10.1. The molecule has 0 saturated heterocycles. The third kappa shape index (κ3) is 2.40. The maximum absolute atomic E-state index is 13.4. The summed E-state index contributed by atoms with van der Waals surface area (Å²) in [5.41, 5.74) is 1.47. The molecule has 110 valence electrons. The standard InChI is InChI=1S/C15H16FN3OS/c1-9-11-4-6-21-13(11)3-5-19(9)15(20)12-7-10(16)8-18-14(12)17-2/h4,6-9H,3,5H2,1-2H3,(H,17,18). The van der Waals surface area contributed by atoms with Crippen molar-refractivity contribution in [2.75, 3.05) is 18.9 Å². The maximum atomic E-state index is 13.4. The number of hydrogen-bond donors (Lipinski definition) is 1. The number of anilines is 1. The quantitative estimate of drug-likeness (QED) is 0.927. The van der Waals surface area contributed by atoms with Crippen molar-refractivity contribution in [2.24, 2.45) is 0 Å². The maximum Gasteiger partial charge on any atom is 0.258 e. The molecule has 1 N–H and O–H groups in total. The molecule has 21 heavy (non-hydrogen) atoms. The first-order valence-corrected chi connectivity index (χ1v) is 7.70. The van der Waals surface area contributed by atoms with E-state index in [-0.39, 0.29) is 17.5 Å². The Bertz CT molecular complexity index is 685. The summed E-state index contributed by atoms with van der Waals surface area (Å²) in [6.45, 7) is 2.65. The van der Waals surface area contributed by atoms with E-state index in [4.69, 9.17) is 0 Å². The lowest BCUT2D eigenvalue weighted by Gasteiger charge is -2.34. The average Bonchev–Trinajstić information content (AvgIpc) is 2.96. The number of nitrogens with one attached hydrogen (secondary N) is 1. The van der Waals surface area contributed by atoms with Crippen molar-refractivity contribution in [1.82, 2.24) is 9.88 Å². The number of thiophene rings is 1. The molecule has 0 bridgehead atoms. The van der Waals surface area contributed by atoms with E-state index in [2.05, 4.69) is 21.7 Å². The zero-order chi connectivity index (χ0) is 15.0. The van der Waals surface area contributed by atoms with Gasteiger partial charge in [0.1, 0.15) is 11.6 Å². The van der Waals surface area contributed by atoms with E-state index in [1.807, 2.05) is 6.92 Å². The number of hydrogen-bond acceptors (Lipinski definition) is 4. The zero-order valence-electron chi connectivity index (χ0n) is 11.9. The molecule has 0 aromatic carbocycles. The topological polar surface area (TPSA) is 45.2 Å². The van der Waals surface area contributed by atoms with Gasteiger partial charge in [0.15, 0.2) is 0 Å². The molecule has 6 heteroatoms. The number of nitrogens with zero attached hydrogens (tertiary/aromatic N) is 2. The Labute approximate surface area is 126 Å². The van der Waals surface area contributed by atoms with E-state index in [9.17, 15) is 9.18 Å². The lowest BCUT2D eigenvalue weighted by molar-refractivity contribution is 0.0679. The Morgan fingerprint density at radius 3 is 3.14 bits per heavy atom. The normalized spacial score (nSPS) is 17.5. The van der Waals surface area contributed by atoms with Gasteiger partial charge in [-0.2, -0.15) is 0 Å². The molecule has 0 aliphatic carbocycles. The molecule has 1 aliphatic rings. The largest absolute Gasteiger partial charge is 0.372 e. The van der Waals surface area contributed by atoms with Crippen LogP contribution in [0.25, 0.3) is 0 Å². The van der Waals surface area contributed by atoms with Crippen LogP contribution in [0.5, 0.6) is 0 Å². The van der Waals surface area contributed by atoms with Crippen molar-refractivity contribution in [3.63, 3.8) is 0 Å². The summed E-state index contributed by atoms with van der Waals surface area (Å²) in [6, 6.07) is 3.31. The van der Waals surface area contributed by atoms with E-state index >= 15 is 0 Å². The third-order valence-electron chi connectivity index (χ3n) is 3.86. The van der Waals surface area contributed by atoms with Crippen LogP contribution in [0, 0.1) is 5.82 Å². The first kappa shape index (κ1) is 14.0. The van der Waals surface area contributed by atoms with E-state index in [1.165, 1.54) is 16.5 Å². The Balaban J connectivity index is 1.95. The fourth-order valence-corrected chi connectivity index (χ4v) is 3.71. The molecule has 3 rings (SSSR count). The number of carbonyl (C=O) groups excluding carboxylic acids is 1. The van der Waals surface area contributed by atoms with Gasteiger partial charge in [-0.3, -0.25) is 4.79 Å². The molecule has 1 aliphatic heterocycles.